The molecule has 2 atom stereocenters. The molecule has 1 heterocycles. The van der Waals surface area contributed by atoms with Crippen LogP contribution < -0.4 is 0 Å². The van der Waals surface area contributed by atoms with Gasteiger partial charge in [0.1, 0.15) is 0 Å². The summed E-state index contributed by atoms with van der Waals surface area (Å²) in [4.78, 5) is 0. The summed E-state index contributed by atoms with van der Waals surface area (Å²) in [5.74, 6) is 0. The molecule has 1 nitrogen and oxygen atoms in total. The number of hydrogen-bond acceptors (Lipinski definition) is 1. The first-order valence-electron chi connectivity index (χ1n) is 2.45. The summed E-state index contributed by atoms with van der Waals surface area (Å²) < 4.78 is 4.92. The Morgan fingerprint density at radius 1 is 1.14 bits per heavy atom. The number of rotatable bonds is 0. The lowest BCUT2D eigenvalue weighted by Gasteiger charge is -2.00. The van der Waals surface area contributed by atoms with Crippen molar-refractivity contribution in [1.29, 1.82) is 0 Å². The first-order chi connectivity index (χ1) is 3.29. The fourth-order valence-electron chi connectivity index (χ4n) is 0.689. The fourth-order valence-corrected chi connectivity index (χ4v) is 0.689. The van der Waals surface area contributed by atoms with E-state index in [-0.39, 0.29) is 12.2 Å². The normalized spacial score (nSPS) is 42.0. The van der Waals surface area contributed by atoms with Crippen LogP contribution in [-0.2, 0) is 4.74 Å². The van der Waals surface area contributed by atoms with Crippen molar-refractivity contribution in [3.8, 4) is 0 Å². The summed E-state index contributed by atoms with van der Waals surface area (Å²) in [5, 5.41) is 0. The second kappa shape index (κ2) is 1.83. The van der Waals surface area contributed by atoms with E-state index in [1.54, 1.807) is 0 Å². The molecule has 0 saturated carbocycles. The van der Waals surface area contributed by atoms with Crippen molar-refractivity contribution in [3.63, 3.8) is 0 Å². The van der Waals surface area contributed by atoms with Gasteiger partial charge in [-0.15, -0.1) is 0 Å². The maximum atomic E-state index is 5.32. The largest absolute Gasteiger partial charge is 0.374 e. The molecule has 38 valence electrons. The molecule has 0 aromatic rings. The summed E-state index contributed by atoms with van der Waals surface area (Å²) in [6.45, 7) is 10.6. The van der Waals surface area contributed by atoms with E-state index in [0.717, 1.165) is 12.8 Å². The molecule has 1 heteroatoms. The maximum Gasteiger partial charge on any atom is 0.0615 e. The van der Waals surface area contributed by atoms with E-state index in [4.69, 9.17) is 18.6 Å². The Bertz CT molecular complexity index is 53.2. The third kappa shape index (κ3) is 1.16. The van der Waals surface area contributed by atoms with E-state index in [1.165, 1.54) is 0 Å². The first kappa shape index (κ1) is 5.10. The quantitative estimate of drug-likeness (QED) is 0.436. The molecule has 0 aromatic carbocycles. The summed E-state index contributed by atoms with van der Waals surface area (Å²) in [5.41, 5.74) is 0. The van der Waals surface area contributed by atoms with Crippen LogP contribution in [0, 0.1) is 13.8 Å². The summed E-state index contributed by atoms with van der Waals surface area (Å²) in [6.07, 6.45) is 1.60. The van der Waals surface area contributed by atoms with Gasteiger partial charge in [-0.3, -0.25) is 0 Å². The Labute approximate surface area is 44.7 Å². The van der Waals surface area contributed by atoms with Crippen LogP contribution in [0.4, 0.5) is 0 Å². The highest BCUT2D eigenvalue weighted by atomic mass is 16.5. The van der Waals surface area contributed by atoms with Crippen molar-refractivity contribution in [2.75, 3.05) is 0 Å². The molecule has 1 fully saturated rings. The smallest absolute Gasteiger partial charge is 0.0615 e. The molecule has 1 saturated heterocycles. The van der Waals surface area contributed by atoms with E-state index < -0.39 is 0 Å². The zero-order valence-corrected chi connectivity index (χ0v) is 4.13. The second-order valence-corrected chi connectivity index (χ2v) is 1.79. The zero-order valence-electron chi connectivity index (χ0n) is 4.13. The van der Waals surface area contributed by atoms with Gasteiger partial charge in [0, 0.05) is 0 Å². The molecule has 1 aliphatic heterocycles. The van der Waals surface area contributed by atoms with Gasteiger partial charge in [0.15, 0.2) is 0 Å². The highest BCUT2D eigenvalue weighted by Crippen LogP contribution is 2.16. The molecule has 4 radical (unpaired) electrons. The third-order valence-corrected chi connectivity index (χ3v) is 1.09. The van der Waals surface area contributed by atoms with Crippen molar-refractivity contribution < 1.29 is 4.74 Å². The lowest BCUT2D eigenvalue weighted by molar-refractivity contribution is 0.0973. The molecule has 0 bridgehead atoms. The van der Waals surface area contributed by atoms with E-state index in [9.17, 15) is 0 Å². The highest BCUT2D eigenvalue weighted by Gasteiger charge is 2.16. The van der Waals surface area contributed by atoms with Crippen LogP contribution >= 0.6 is 0 Å². The highest BCUT2D eigenvalue weighted by molar-refractivity contribution is 4.75. The summed E-state index contributed by atoms with van der Waals surface area (Å²) in [7, 11) is 0. The topological polar surface area (TPSA) is 9.23 Å². The van der Waals surface area contributed by atoms with Gasteiger partial charge in [-0.05, 0) is 26.7 Å². The van der Waals surface area contributed by atoms with E-state index >= 15 is 0 Å². The average molecular weight is 96.1 g/mol. The van der Waals surface area contributed by atoms with Gasteiger partial charge in [0.2, 0.25) is 0 Å². The van der Waals surface area contributed by atoms with Crippen LogP contribution in [0.3, 0.4) is 0 Å². The van der Waals surface area contributed by atoms with Gasteiger partial charge in [0.25, 0.3) is 0 Å². The molecular weight excluding hydrogens is 88.1 g/mol. The van der Waals surface area contributed by atoms with E-state index in [0.29, 0.717) is 0 Å². The molecule has 0 aromatic heterocycles. The monoisotopic (exact) mass is 96.1 g/mol. The Morgan fingerprint density at radius 3 is 1.71 bits per heavy atom. The number of ether oxygens (including phenoxy) is 1. The zero-order chi connectivity index (χ0) is 5.28. The van der Waals surface area contributed by atoms with Crippen LogP contribution in [0.5, 0.6) is 0 Å². The molecule has 1 rings (SSSR count). The lowest BCUT2D eigenvalue weighted by atomic mass is 10.2. The van der Waals surface area contributed by atoms with Crippen molar-refractivity contribution in [3.05, 3.63) is 13.8 Å². The van der Waals surface area contributed by atoms with Gasteiger partial charge in [-0.2, -0.15) is 0 Å². The Morgan fingerprint density at radius 2 is 1.57 bits per heavy atom. The maximum absolute atomic E-state index is 5.32. The molecule has 7 heavy (non-hydrogen) atoms. The van der Waals surface area contributed by atoms with Crippen molar-refractivity contribution in [1.82, 2.24) is 0 Å². The molecule has 0 amide bonds. The lowest BCUT2D eigenvalue weighted by Crippen LogP contribution is -2.02. The molecule has 0 spiro atoms. The third-order valence-electron chi connectivity index (χ3n) is 1.09. The van der Waals surface area contributed by atoms with Crippen LogP contribution in [0.1, 0.15) is 12.8 Å². The molecule has 0 aliphatic carbocycles. The molecule has 1 aliphatic rings. The fraction of sp³-hybridized carbons (Fsp3) is 0.667. The minimum Gasteiger partial charge on any atom is -0.374 e. The van der Waals surface area contributed by atoms with Crippen molar-refractivity contribution >= 4 is 0 Å². The number of hydrogen-bond donors (Lipinski definition) is 0. The van der Waals surface area contributed by atoms with Crippen LogP contribution in [0.2, 0.25) is 0 Å². The predicted octanol–water partition coefficient (Wildman–Crippen LogP) is 0.956. The summed E-state index contributed by atoms with van der Waals surface area (Å²) >= 11 is 0. The van der Waals surface area contributed by atoms with Gasteiger partial charge in [-0.25, -0.2) is 0 Å². The minimum atomic E-state index is -0.102. The first-order valence-corrected chi connectivity index (χ1v) is 2.45. The predicted molar refractivity (Wildman–Crippen MR) is 26.5 cm³/mol. The van der Waals surface area contributed by atoms with Crippen molar-refractivity contribution in [2.24, 2.45) is 0 Å². The van der Waals surface area contributed by atoms with Gasteiger partial charge in [0.05, 0.1) is 12.2 Å². The molecule has 0 N–H and O–H groups in total. The van der Waals surface area contributed by atoms with Gasteiger partial charge >= 0.3 is 0 Å². The Kier molecular flexibility index (Phi) is 1.33. The Hall–Kier alpha value is -0.0400. The van der Waals surface area contributed by atoms with Gasteiger partial charge in [-0.1, -0.05) is 0 Å². The van der Waals surface area contributed by atoms with Crippen molar-refractivity contribution in [2.45, 2.75) is 25.0 Å². The average Bonchev–Trinajstić information content (AvgIpc) is 1.87. The van der Waals surface area contributed by atoms with Gasteiger partial charge < -0.3 is 4.74 Å². The Balaban J connectivity index is 2.26. The van der Waals surface area contributed by atoms with Crippen LogP contribution in [-0.4, -0.2) is 12.2 Å². The second-order valence-electron chi connectivity index (χ2n) is 1.79. The molecular formula is C6H8O. The van der Waals surface area contributed by atoms with E-state index in [2.05, 4.69) is 0 Å². The van der Waals surface area contributed by atoms with Crippen LogP contribution in [0.15, 0.2) is 0 Å². The SMILES string of the molecule is [CH][C@@H]1CC[C@H]([CH])O1. The van der Waals surface area contributed by atoms with Crippen LogP contribution in [0.25, 0.3) is 0 Å². The standard InChI is InChI=1S/C6H8O/c1-5-3-4-6(2)7-5/h1-2,5-6H,3-4H2/t5-,6+. The molecule has 0 unspecified atom stereocenters. The van der Waals surface area contributed by atoms with E-state index in [1.807, 2.05) is 0 Å². The minimum absolute atomic E-state index is 0.102. The summed E-state index contributed by atoms with van der Waals surface area (Å²) in [6, 6.07) is 0.